The molecular weight excluding hydrogens is 466 g/mol. The molecule has 6 nitrogen and oxygen atoms in total. The van der Waals surface area contributed by atoms with Gasteiger partial charge >= 0.3 is 0 Å². The van der Waals surface area contributed by atoms with Crippen LogP contribution in [0.5, 0.6) is 5.75 Å². The van der Waals surface area contributed by atoms with E-state index in [0.29, 0.717) is 23.0 Å². The maximum atomic E-state index is 14.0. The first-order chi connectivity index (χ1) is 16.7. The van der Waals surface area contributed by atoms with Crippen LogP contribution in [0, 0.1) is 0 Å². The number of ether oxygens (including phenoxy) is 2. The molecule has 0 bridgehead atoms. The number of morpholine rings is 1. The number of anilines is 1. The van der Waals surface area contributed by atoms with Crippen molar-refractivity contribution in [1.29, 1.82) is 0 Å². The number of thioether (sulfide) groups is 1. The first kappa shape index (κ1) is 23.1. The van der Waals surface area contributed by atoms with Gasteiger partial charge in [-0.2, -0.15) is 0 Å². The molecule has 0 saturated carbocycles. The number of hydrogen-bond donors (Lipinski definition) is 0. The number of methoxy groups -OCH3 is 1. The topological polar surface area (TPSA) is 54.9 Å². The Kier molecular flexibility index (Phi) is 7.01. The number of aromatic nitrogens is 1. The minimum absolute atomic E-state index is 0.0972. The van der Waals surface area contributed by atoms with E-state index in [1.165, 1.54) is 4.90 Å². The molecule has 4 aromatic rings. The molecule has 1 aromatic heterocycles. The van der Waals surface area contributed by atoms with E-state index in [-0.39, 0.29) is 5.91 Å². The van der Waals surface area contributed by atoms with Crippen LogP contribution in [0.3, 0.4) is 0 Å². The van der Waals surface area contributed by atoms with Gasteiger partial charge in [0.1, 0.15) is 5.75 Å². The SMILES string of the molecule is COc1cc2ccccc2cc1C(=O)N(CCN1CCOCC1)c1nc2ccc(SC)cc2s1. The molecule has 3 aromatic carbocycles. The molecule has 1 amide bonds. The molecule has 0 spiro atoms. The second-order valence-corrected chi connectivity index (χ2v) is 10.0. The highest BCUT2D eigenvalue weighted by atomic mass is 32.2. The van der Waals surface area contributed by atoms with Gasteiger partial charge in [-0.05, 0) is 47.4 Å². The van der Waals surface area contributed by atoms with Crippen molar-refractivity contribution in [2.24, 2.45) is 0 Å². The van der Waals surface area contributed by atoms with Gasteiger partial charge in [-0.1, -0.05) is 35.6 Å². The molecule has 0 atom stereocenters. The van der Waals surface area contributed by atoms with Crippen LogP contribution in [0.25, 0.3) is 21.0 Å². The Morgan fingerprint density at radius 3 is 2.65 bits per heavy atom. The molecule has 2 heterocycles. The fourth-order valence-electron chi connectivity index (χ4n) is 4.19. The third kappa shape index (κ3) is 4.77. The highest BCUT2D eigenvalue weighted by Crippen LogP contribution is 2.34. The molecular formula is C26H27N3O3S2. The van der Waals surface area contributed by atoms with Gasteiger partial charge in [0.25, 0.3) is 5.91 Å². The lowest BCUT2D eigenvalue weighted by Crippen LogP contribution is -2.43. The van der Waals surface area contributed by atoms with E-state index in [1.807, 2.05) is 47.4 Å². The normalized spacial score (nSPS) is 14.5. The zero-order valence-corrected chi connectivity index (χ0v) is 21.0. The number of nitrogens with zero attached hydrogens (tertiary/aromatic N) is 3. The van der Waals surface area contributed by atoms with Crippen LogP contribution in [0.1, 0.15) is 10.4 Å². The van der Waals surface area contributed by atoms with Crippen LogP contribution in [-0.2, 0) is 4.74 Å². The zero-order valence-electron chi connectivity index (χ0n) is 19.3. The Hall–Kier alpha value is -2.65. The van der Waals surface area contributed by atoms with Crippen molar-refractivity contribution < 1.29 is 14.3 Å². The number of fused-ring (bicyclic) bond motifs is 2. The highest BCUT2D eigenvalue weighted by molar-refractivity contribution is 7.98. The standard InChI is InChI=1S/C26H27N3O3S2/c1-31-23-16-19-6-4-3-5-18(19)15-21(23)25(30)29(10-9-28-11-13-32-14-12-28)26-27-22-8-7-20(33-2)17-24(22)34-26/h3-8,15-17H,9-14H2,1-2H3. The summed E-state index contributed by atoms with van der Waals surface area (Å²) in [6.45, 7) is 4.51. The van der Waals surface area contributed by atoms with Crippen LogP contribution < -0.4 is 9.64 Å². The minimum Gasteiger partial charge on any atom is -0.496 e. The summed E-state index contributed by atoms with van der Waals surface area (Å²) < 4.78 is 12.2. The van der Waals surface area contributed by atoms with Crippen molar-refractivity contribution in [2.75, 3.05) is 57.7 Å². The fourth-order valence-corrected chi connectivity index (χ4v) is 5.73. The zero-order chi connectivity index (χ0) is 23.5. The molecule has 0 N–H and O–H groups in total. The number of carbonyl (C=O) groups is 1. The van der Waals surface area contributed by atoms with E-state index < -0.39 is 0 Å². The minimum atomic E-state index is -0.0972. The second kappa shape index (κ2) is 10.3. The summed E-state index contributed by atoms with van der Waals surface area (Å²) in [4.78, 5) is 24.2. The number of hydrogen-bond acceptors (Lipinski definition) is 7. The van der Waals surface area contributed by atoms with E-state index in [1.54, 1.807) is 30.2 Å². The molecule has 1 saturated heterocycles. The van der Waals surface area contributed by atoms with Gasteiger partial charge in [0.05, 0.1) is 36.1 Å². The van der Waals surface area contributed by atoms with Crippen molar-refractivity contribution in [2.45, 2.75) is 4.90 Å². The Balaban J connectivity index is 1.53. The number of amides is 1. The second-order valence-electron chi connectivity index (χ2n) is 8.14. The first-order valence-corrected chi connectivity index (χ1v) is 13.3. The molecule has 1 fully saturated rings. The van der Waals surface area contributed by atoms with Gasteiger partial charge in [-0.15, -0.1) is 11.8 Å². The van der Waals surface area contributed by atoms with Gasteiger partial charge in [-0.25, -0.2) is 4.98 Å². The lowest BCUT2D eigenvalue weighted by molar-refractivity contribution is 0.0391. The Labute approximate surface area is 207 Å². The first-order valence-electron chi connectivity index (χ1n) is 11.3. The number of benzene rings is 3. The van der Waals surface area contributed by atoms with Gasteiger partial charge in [0.2, 0.25) is 0 Å². The monoisotopic (exact) mass is 493 g/mol. The van der Waals surface area contributed by atoms with Gasteiger partial charge in [0.15, 0.2) is 5.13 Å². The lowest BCUT2D eigenvalue weighted by Gasteiger charge is -2.29. The summed E-state index contributed by atoms with van der Waals surface area (Å²) in [7, 11) is 1.61. The quantitative estimate of drug-likeness (QED) is 0.332. The fraction of sp³-hybridized carbons (Fsp3) is 0.308. The van der Waals surface area contributed by atoms with E-state index in [0.717, 1.165) is 53.8 Å². The maximum absolute atomic E-state index is 14.0. The summed E-state index contributed by atoms with van der Waals surface area (Å²) in [6.07, 6.45) is 2.06. The number of thiazole rings is 1. The van der Waals surface area contributed by atoms with Crippen molar-refractivity contribution >= 4 is 55.1 Å². The predicted octanol–water partition coefficient (Wildman–Crippen LogP) is 5.16. The molecule has 5 rings (SSSR count). The summed E-state index contributed by atoms with van der Waals surface area (Å²) >= 11 is 3.26. The van der Waals surface area contributed by atoms with E-state index in [2.05, 4.69) is 23.3 Å². The smallest absolute Gasteiger partial charge is 0.263 e. The van der Waals surface area contributed by atoms with Crippen molar-refractivity contribution in [3.05, 3.63) is 60.2 Å². The molecule has 176 valence electrons. The molecule has 0 aliphatic carbocycles. The average Bonchev–Trinajstić information content (AvgIpc) is 3.31. The molecule has 8 heteroatoms. The summed E-state index contributed by atoms with van der Waals surface area (Å²) in [5.41, 5.74) is 1.46. The molecule has 34 heavy (non-hydrogen) atoms. The van der Waals surface area contributed by atoms with Crippen molar-refractivity contribution in [1.82, 2.24) is 9.88 Å². The highest BCUT2D eigenvalue weighted by Gasteiger charge is 2.25. The largest absolute Gasteiger partial charge is 0.496 e. The maximum Gasteiger partial charge on any atom is 0.263 e. The van der Waals surface area contributed by atoms with Gasteiger partial charge in [-0.3, -0.25) is 14.6 Å². The lowest BCUT2D eigenvalue weighted by atomic mass is 10.0. The molecule has 1 aliphatic rings. The van der Waals surface area contributed by atoms with Gasteiger partial charge in [0, 0.05) is 31.1 Å². The third-order valence-electron chi connectivity index (χ3n) is 6.10. The third-order valence-corrected chi connectivity index (χ3v) is 7.87. The number of rotatable bonds is 7. The van der Waals surface area contributed by atoms with E-state index in [4.69, 9.17) is 14.5 Å². The summed E-state index contributed by atoms with van der Waals surface area (Å²) in [5.74, 6) is 0.478. The number of carbonyl (C=O) groups excluding carboxylic acids is 1. The summed E-state index contributed by atoms with van der Waals surface area (Å²) in [6, 6.07) is 18.1. The molecule has 0 unspecified atom stereocenters. The van der Waals surface area contributed by atoms with E-state index >= 15 is 0 Å². The van der Waals surface area contributed by atoms with Crippen LogP contribution in [0.15, 0.2) is 59.5 Å². The van der Waals surface area contributed by atoms with Gasteiger partial charge < -0.3 is 9.47 Å². The van der Waals surface area contributed by atoms with Crippen LogP contribution in [0.2, 0.25) is 0 Å². The van der Waals surface area contributed by atoms with Crippen molar-refractivity contribution in [3.8, 4) is 5.75 Å². The Morgan fingerprint density at radius 2 is 1.91 bits per heavy atom. The molecule has 1 aliphatic heterocycles. The van der Waals surface area contributed by atoms with Crippen molar-refractivity contribution in [3.63, 3.8) is 0 Å². The molecule has 0 radical (unpaired) electrons. The van der Waals surface area contributed by atoms with Crippen LogP contribution >= 0.6 is 23.1 Å². The summed E-state index contributed by atoms with van der Waals surface area (Å²) in [5, 5.41) is 2.76. The Morgan fingerprint density at radius 1 is 1.15 bits per heavy atom. The predicted molar refractivity (Wildman–Crippen MR) is 141 cm³/mol. The van der Waals surface area contributed by atoms with Crippen LogP contribution in [-0.4, -0.2) is 68.5 Å². The van der Waals surface area contributed by atoms with E-state index in [9.17, 15) is 4.79 Å². The van der Waals surface area contributed by atoms with Crippen LogP contribution in [0.4, 0.5) is 5.13 Å². The Bertz CT molecular complexity index is 1320. The average molecular weight is 494 g/mol.